The number of rotatable bonds is 4. The Balaban J connectivity index is 2.01. The predicted octanol–water partition coefficient (Wildman–Crippen LogP) is 3.34. The molecule has 0 aromatic heterocycles. The van der Waals surface area contributed by atoms with Crippen molar-refractivity contribution in [1.29, 1.82) is 0 Å². The molecule has 20 heavy (non-hydrogen) atoms. The lowest BCUT2D eigenvalue weighted by Crippen LogP contribution is -2.42. The van der Waals surface area contributed by atoms with E-state index in [-0.39, 0.29) is 11.8 Å². The SMILES string of the molecule is CCNC(=O)[C@@H]1CCCN(Cc2c(Cl)cccc2Cl)C1. The first-order valence-corrected chi connectivity index (χ1v) is 7.80. The Kier molecular flexibility index (Phi) is 5.70. The van der Waals surface area contributed by atoms with Crippen LogP contribution in [-0.2, 0) is 11.3 Å². The summed E-state index contributed by atoms with van der Waals surface area (Å²) in [5, 5.41) is 4.29. The summed E-state index contributed by atoms with van der Waals surface area (Å²) in [6, 6.07) is 5.56. The maximum atomic E-state index is 11.9. The van der Waals surface area contributed by atoms with Gasteiger partial charge in [0.2, 0.25) is 5.91 Å². The minimum Gasteiger partial charge on any atom is -0.356 e. The molecule has 0 aliphatic carbocycles. The van der Waals surface area contributed by atoms with Gasteiger partial charge in [0.05, 0.1) is 5.92 Å². The zero-order chi connectivity index (χ0) is 14.5. The molecular weight excluding hydrogens is 295 g/mol. The lowest BCUT2D eigenvalue weighted by Gasteiger charge is -2.32. The van der Waals surface area contributed by atoms with Crippen molar-refractivity contribution >= 4 is 29.1 Å². The van der Waals surface area contributed by atoms with Crippen LogP contribution in [0.25, 0.3) is 0 Å². The maximum Gasteiger partial charge on any atom is 0.224 e. The van der Waals surface area contributed by atoms with E-state index in [0.717, 1.165) is 31.5 Å². The normalized spacial score (nSPS) is 19.9. The quantitative estimate of drug-likeness (QED) is 0.924. The zero-order valence-corrected chi connectivity index (χ0v) is 13.2. The molecule has 2 rings (SSSR count). The summed E-state index contributed by atoms with van der Waals surface area (Å²) in [5.74, 6) is 0.229. The minimum absolute atomic E-state index is 0.0740. The molecule has 1 aliphatic heterocycles. The lowest BCUT2D eigenvalue weighted by atomic mass is 9.96. The van der Waals surface area contributed by atoms with Gasteiger partial charge >= 0.3 is 0 Å². The van der Waals surface area contributed by atoms with Crippen LogP contribution in [0.1, 0.15) is 25.3 Å². The van der Waals surface area contributed by atoms with Crippen molar-refractivity contribution < 1.29 is 4.79 Å². The van der Waals surface area contributed by atoms with Crippen LogP contribution < -0.4 is 5.32 Å². The molecule has 110 valence electrons. The molecule has 1 aromatic carbocycles. The molecule has 5 heteroatoms. The Morgan fingerprint density at radius 1 is 1.40 bits per heavy atom. The van der Waals surface area contributed by atoms with Gasteiger partial charge in [-0.25, -0.2) is 0 Å². The van der Waals surface area contributed by atoms with Crippen LogP contribution in [-0.4, -0.2) is 30.4 Å². The fourth-order valence-electron chi connectivity index (χ4n) is 2.64. The summed E-state index contributed by atoms with van der Waals surface area (Å²) >= 11 is 12.4. The number of carbonyl (C=O) groups is 1. The third-order valence-corrected chi connectivity index (χ3v) is 4.38. The highest BCUT2D eigenvalue weighted by Crippen LogP contribution is 2.27. The van der Waals surface area contributed by atoms with E-state index in [1.165, 1.54) is 0 Å². The van der Waals surface area contributed by atoms with Crippen LogP contribution in [0.3, 0.4) is 0 Å². The van der Waals surface area contributed by atoms with Crippen LogP contribution in [0.5, 0.6) is 0 Å². The molecule has 1 aliphatic rings. The summed E-state index contributed by atoms with van der Waals surface area (Å²) in [7, 11) is 0. The Labute approximate surface area is 130 Å². The average molecular weight is 315 g/mol. The summed E-state index contributed by atoms with van der Waals surface area (Å²) < 4.78 is 0. The number of likely N-dealkylation sites (tertiary alicyclic amines) is 1. The molecule has 1 fully saturated rings. The van der Waals surface area contributed by atoms with E-state index in [1.54, 1.807) is 0 Å². The Morgan fingerprint density at radius 2 is 2.10 bits per heavy atom. The monoisotopic (exact) mass is 314 g/mol. The number of piperidine rings is 1. The second kappa shape index (κ2) is 7.30. The molecule has 1 heterocycles. The van der Waals surface area contributed by atoms with Gasteiger partial charge in [-0.2, -0.15) is 0 Å². The highest BCUT2D eigenvalue weighted by atomic mass is 35.5. The molecule has 1 aromatic rings. The van der Waals surface area contributed by atoms with Gasteiger partial charge in [0.15, 0.2) is 0 Å². The van der Waals surface area contributed by atoms with E-state index in [0.29, 0.717) is 23.1 Å². The first-order chi connectivity index (χ1) is 9.61. The number of nitrogens with zero attached hydrogens (tertiary/aromatic N) is 1. The van der Waals surface area contributed by atoms with Gasteiger partial charge in [0.25, 0.3) is 0 Å². The number of carbonyl (C=O) groups excluding carboxylic acids is 1. The van der Waals surface area contributed by atoms with Gasteiger partial charge in [0, 0.05) is 35.2 Å². The highest BCUT2D eigenvalue weighted by molar-refractivity contribution is 6.35. The number of amides is 1. The Bertz CT molecular complexity index is 459. The predicted molar refractivity (Wildman–Crippen MR) is 83.1 cm³/mol. The molecule has 0 saturated carbocycles. The number of hydrogen-bond donors (Lipinski definition) is 1. The average Bonchev–Trinajstić information content (AvgIpc) is 2.44. The van der Waals surface area contributed by atoms with E-state index in [9.17, 15) is 4.79 Å². The standard InChI is InChI=1S/C15H20Cl2N2O/c1-2-18-15(20)11-5-4-8-19(9-11)10-12-13(16)6-3-7-14(12)17/h3,6-7,11H,2,4-5,8-10H2,1H3,(H,18,20)/t11-/m1/s1. The third-order valence-electron chi connectivity index (χ3n) is 3.67. The van der Waals surface area contributed by atoms with Crippen molar-refractivity contribution in [2.45, 2.75) is 26.3 Å². The van der Waals surface area contributed by atoms with E-state index >= 15 is 0 Å². The Hall–Kier alpha value is -0.770. The molecule has 3 nitrogen and oxygen atoms in total. The number of hydrogen-bond acceptors (Lipinski definition) is 2. The molecule has 1 atom stereocenters. The molecule has 1 N–H and O–H groups in total. The van der Waals surface area contributed by atoms with Crippen molar-refractivity contribution in [2.24, 2.45) is 5.92 Å². The van der Waals surface area contributed by atoms with Crippen LogP contribution in [0.2, 0.25) is 10.0 Å². The van der Waals surface area contributed by atoms with Gasteiger partial charge in [-0.15, -0.1) is 0 Å². The summed E-state index contributed by atoms with van der Waals surface area (Å²) in [6.07, 6.45) is 1.99. The van der Waals surface area contributed by atoms with E-state index in [4.69, 9.17) is 23.2 Å². The molecular formula is C15H20Cl2N2O. The smallest absolute Gasteiger partial charge is 0.224 e. The molecule has 0 bridgehead atoms. The van der Waals surface area contributed by atoms with Gasteiger partial charge in [-0.05, 0) is 38.4 Å². The topological polar surface area (TPSA) is 32.3 Å². The minimum atomic E-state index is 0.0740. The molecule has 0 unspecified atom stereocenters. The van der Waals surface area contributed by atoms with Gasteiger partial charge < -0.3 is 5.32 Å². The zero-order valence-electron chi connectivity index (χ0n) is 11.7. The fraction of sp³-hybridized carbons (Fsp3) is 0.533. The Morgan fingerprint density at radius 3 is 2.75 bits per heavy atom. The summed E-state index contributed by atoms with van der Waals surface area (Å²) in [4.78, 5) is 14.2. The van der Waals surface area contributed by atoms with Crippen molar-refractivity contribution in [3.8, 4) is 0 Å². The lowest BCUT2D eigenvalue weighted by molar-refractivity contribution is -0.126. The number of nitrogens with one attached hydrogen (secondary N) is 1. The van der Waals surface area contributed by atoms with Crippen LogP contribution >= 0.6 is 23.2 Å². The van der Waals surface area contributed by atoms with E-state index < -0.39 is 0 Å². The van der Waals surface area contributed by atoms with Gasteiger partial charge in [0.1, 0.15) is 0 Å². The van der Waals surface area contributed by atoms with E-state index in [1.807, 2.05) is 25.1 Å². The van der Waals surface area contributed by atoms with Gasteiger partial charge in [-0.3, -0.25) is 9.69 Å². The molecule has 0 spiro atoms. The summed E-state index contributed by atoms with van der Waals surface area (Å²) in [6.45, 7) is 5.09. The van der Waals surface area contributed by atoms with Gasteiger partial charge in [-0.1, -0.05) is 29.3 Å². The highest BCUT2D eigenvalue weighted by Gasteiger charge is 2.26. The third kappa shape index (κ3) is 3.87. The second-order valence-electron chi connectivity index (χ2n) is 5.17. The molecule has 1 amide bonds. The first kappa shape index (κ1) is 15.6. The number of benzene rings is 1. The van der Waals surface area contributed by atoms with E-state index in [2.05, 4.69) is 10.2 Å². The van der Waals surface area contributed by atoms with Crippen LogP contribution in [0.15, 0.2) is 18.2 Å². The summed E-state index contributed by atoms with van der Waals surface area (Å²) in [5.41, 5.74) is 0.951. The fourth-order valence-corrected chi connectivity index (χ4v) is 3.16. The molecule has 0 radical (unpaired) electrons. The maximum absolute atomic E-state index is 11.9. The van der Waals surface area contributed by atoms with Crippen molar-refractivity contribution in [3.63, 3.8) is 0 Å². The van der Waals surface area contributed by atoms with Crippen LogP contribution in [0, 0.1) is 5.92 Å². The first-order valence-electron chi connectivity index (χ1n) is 7.04. The second-order valence-corrected chi connectivity index (χ2v) is 5.98. The molecule has 1 saturated heterocycles. The van der Waals surface area contributed by atoms with Crippen LogP contribution in [0.4, 0.5) is 0 Å². The van der Waals surface area contributed by atoms with Crippen molar-refractivity contribution in [1.82, 2.24) is 10.2 Å². The number of halogens is 2. The van der Waals surface area contributed by atoms with Crippen molar-refractivity contribution in [3.05, 3.63) is 33.8 Å². The van der Waals surface area contributed by atoms with Crippen molar-refractivity contribution in [2.75, 3.05) is 19.6 Å². The largest absolute Gasteiger partial charge is 0.356 e.